The van der Waals surface area contributed by atoms with Crippen LogP contribution in [0.4, 0.5) is 0 Å². The predicted molar refractivity (Wildman–Crippen MR) is 107 cm³/mol. The molecule has 0 unspecified atom stereocenters. The maximum Gasteiger partial charge on any atom is 0.194 e. The molecule has 1 aromatic heterocycles. The zero-order valence-corrected chi connectivity index (χ0v) is 15.6. The van der Waals surface area contributed by atoms with Gasteiger partial charge in [-0.3, -0.25) is 9.89 Å². The van der Waals surface area contributed by atoms with Gasteiger partial charge in [0, 0.05) is 52.4 Å². The predicted octanol–water partition coefficient (Wildman–Crippen LogP) is 2.72. The Morgan fingerprint density at radius 1 is 1.07 bits per heavy atom. The van der Waals surface area contributed by atoms with E-state index in [9.17, 15) is 0 Å². The summed E-state index contributed by atoms with van der Waals surface area (Å²) in [6, 6.07) is 17.0. The van der Waals surface area contributed by atoms with E-state index in [-0.39, 0.29) is 0 Å². The Kier molecular flexibility index (Phi) is 5.34. The van der Waals surface area contributed by atoms with Gasteiger partial charge in [0.1, 0.15) is 6.26 Å². The summed E-state index contributed by atoms with van der Waals surface area (Å²) in [5, 5.41) is 10.1. The van der Waals surface area contributed by atoms with Crippen molar-refractivity contribution >= 4 is 16.7 Å². The molecule has 3 aromatic rings. The number of guanidine groups is 1. The molecule has 4 rings (SSSR count). The van der Waals surface area contributed by atoms with Crippen LogP contribution in [0.2, 0.25) is 0 Å². The Morgan fingerprint density at radius 3 is 2.63 bits per heavy atom. The van der Waals surface area contributed by atoms with Gasteiger partial charge in [-0.1, -0.05) is 41.6 Å². The molecule has 0 saturated carbocycles. The maximum atomic E-state index is 4.92. The lowest BCUT2D eigenvalue weighted by molar-refractivity contribution is 0.169. The number of fused-ring (bicyclic) bond motifs is 1. The van der Waals surface area contributed by atoms with Crippen molar-refractivity contribution in [3.05, 3.63) is 66.1 Å². The second-order valence-electron chi connectivity index (χ2n) is 6.84. The highest BCUT2D eigenvalue weighted by molar-refractivity contribution is 5.83. The van der Waals surface area contributed by atoms with Crippen molar-refractivity contribution in [3.8, 4) is 0 Å². The third kappa shape index (κ3) is 4.28. The topological polar surface area (TPSA) is 56.9 Å². The first kappa shape index (κ1) is 17.5. The summed E-state index contributed by atoms with van der Waals surface area (Å²) < 4.78 is 4.92. The SMILES string of the molecule is CN=C(NCc1ccc2ccccc2c1)N1CCN(Cc2ccon2)CC1. The molecule has 0 atom stereocenters. The lowest BCUT2D eigenvalue weighted by atomic mass is 10.1. The van der Waals surface area contributed by atoms with E-state index >= 15 is 0 Å². The Balaban J connectivity index is 1.31. The van der Waals surface area contributed by atoms with Crippen molar-refractivity contribution in [2.24, 2.45) is 4.99 Å². The first-order valence-corrected chi connectivity index (χ1v) is 9.37. The van der Waals surface area contributed by atoms with E-state index in [1.807, 2.05) is 13.1 Å². The number of hydrogen-bond acceptors (Lipinski definition) is 4. The summed E-state index contributed by atoms with van der Waals surface area (Å²) in [5.74, 6) is 0.962. The van der Waals surface area contributed by atoms with E-state index in [0.717, 1.165) is 50.9 Å². The summed E-state index contributed by atoms with van der Waals surface area (Å²) in [6.45, 7) is 5.50. The van der Waals surface area contributed by atoms with Crippen molar-refractivity contribution < 1.29 is 4.52 Å². The summed E-state index contributed by atoms with van der Waals surface area (Å²) >= 11 is 0. The van der Waals surface area contributed by atoms with Crippen LogP contribution in [0.5, 0.6) is 0 Å². The number of rotatable bonds is 4. The highest BCUT2D eigenvalue weighted by Gasteiger charge is 2.20. The van der Waals surface area contributed by atoms with Gasteiger partial charge in [0.05, 0.1) is 5.69 Å². The molecular formula is C21H25N5O. The number of nitrogens with one attached hydrogen (secondary N) is 1. The Labute approximate surface area is 159 Å². The fraction of sp³-hybridized carbons (Fsp3) is 0.333. The quantitative estimate of drug-likeness (QED) is 0.571. The van der Waals surface area contributed by atoms with Gasteiger partial charge in [-0.25, -0.2) is 0 Å². The number of benzene rings is 2. The zero-order chi connectivity index (χ0) is 18.5. The third-order valence-electron chi connectivity index (χ3n) is 5.02. The van der Waals surface area contributed by atoms with Crippen LogP contribution in [0.25, 0.3) is 10.8 Å². The minimum atomic E-state index is 0.774. The van der Waals surface area contributed by atoms with Crippen molar-refractivity contribution in [2.45, 2.75) is 13.1 Å². The second-order valence-corrected chi connectivity index (χ2v) is 6.84. The molecule has 1 aliphatic heterocycles. The summed E-state index contributed by atoms with van der Waals surface area (Å²) in [4.78, 5) is 9.19. The fourth-order valence-corrected chi connectivity index (χ4v) is 3.53. The van der Waals surface area contributed by atoms with Crippen LogP contribution in [0.1, 0.15) is 11.3 Å². The van der Waals surface area contributed by atoms with E-state index in [1.165, 1.54) is 16.3 Å². The standard InChI is InChI=1S/C21H25N5O/c1-22-21(23-15-17-6-7-18-4-2-3-5-19(18)14-17)26-11-9-25(10-12-26)16-20-8-13-27-24-20/h2-8,13-14H,9-12,15-16H2,1H3,(H,22,23). The Hall–Kier alpha value is -2.86. The molecule has 1 aliphatic rings. The third-order valence-corrected chi connectivity index (χ3v) is 5.02. The van der Waals surface area contributed by atoms with Crippen molar-refractivity contribution in [3.63, 3.8) is 0 Å². The number of piperazine rings is 1. The van der Waals surface area contributed by atoms with Crippen LogP contribution in [-0.4, -0.2) is 54.1 Å². The van der Waals surface area contributed by atoms with E-state index in [2.05, 4.69) is 67.7 Å². The summed E-state index contributed by atoms with van der Waals surface area (Å²) in [5.41, 5.74) is 2.25. The monoisotopic (exact) mass is 363 g/mol. The van der Waals surface area contributed by atoms with Gasteiger partial charge < -0.3 is 14.7 Å². The van der Waals surface area contributed by atoms with Gasteiger partial charge in [0.25, 0.3) is 0 Å². The molecule has 27 heavy (non-hydrogen) atoms. The van der Waals surface area contributed by atoms with Gasteiger partial charge >= 0.3 is 0 Å². The molecule has 1 fully saturated rings. The largest absolute Gasteiger partial charge is 0.364 e. The fourth-order valence-electron chi connectivity index (χ4n) is 3.53. The van der Waals surface area contributed by atoms with Gasteiger partial charge in [0.2, 0.25) is 0 Å². The van der Waals surface area contributed by atoms with Crippen LogP contribution in [0, 0.1) is 0 Å². The molecule has 0 amide bonds. The van der Waals surface area contributed by atoms with Gasteiger partial charge in [-0.15, -0.1) is 0 Å². The minimum Gasteiger partial charge on any atom is -0.364 e. The highest BCUT2D eigenvalue weighted by Crippen LogP contribution is 2.15. The van der Waals surface area contributed by atoms with Crippen molar-refractivity contribution in [1.82, 2.24) is 20.3 Å². The molecular weight excluding hydrogens is 338 g/mol. The van der Waals surface area contributed by atoms with Crippen LogP contribution >= 0.6 is 0 Å². The van der Waals surface area contributed by atoms with Crippen LogP contribution in [0.15, 0.2) is 64.3 Å². The van der Waals surface area contributed by atoms with E-state index < -0.39 is 0 Å². The molecule has 6 heteroatoms. The van der Waals surface area contributed by atoms with Crippen molar-refractivity contribution in [2.75, 3.05) is 33.2 Å². The zero-order valence-electron chi connectivity index (χ0n) is 15.6. The average Bonchev–Trinajstić information content (AvgIpc) is 3.22. The van der Waals surface area contributed by atoms with Gasteiger partial charge in [0.15, 0.2) is 5.96 Å². The summed E-state index contributed by atoms with van der Waals surface area (Å²) in [7, 11) is 1.85. The van der Waals surface area contributed by atoms with E-state index in [1.54, 1.807) is 6.26 Å². The van der Waals surface area contributed by atoms with Crippen LogP contribution < -0.4 is 5.32 Å². The Bertz CT molecular complexity index is 898. The lowest BCUT2D eigenvalue weighted by Gasteiger charge is -2.36. The molecule has 0 radical (unpaired) electrons. The lowest BCUT2D eigenvalue weighted by Crippen LogP contribution is -2.52. The molecule has 2 aromatic carbocycles. The number of aliphatic imine (C=N–C) groups is 1. The van der Waals surface area contributed by atoms with E-state index in [4.69, 9.17) is 4.52 Å². The average molecular weight is 363 g/mol. The molecule has 2 heterocycles. The van der Waals surface area contributed by atoms with Crippen LogP contribution in [-0.2, 0) is 13.1 Å². The normalized spacial score (nSPS) is 16.0. The van der Waals surface area contributed by atoms with Gasteiger partial charge in [-0.05, 0) is 22.4 Å². The Morgan fingerprint density at radius 2 is 1.89 bits per heavy atom. The number of hydrogen-bond donors (Lipinski definition) is 1. The molecule has 1 saturated heterocycles. The number of nitrogens with zero attached hydrogens (tertiary/aromatic N) is 4. The molecule has 0 aliphatic carbocycles. The van der Waals surface area contributed by atoms with Crippen LogP contribution in [0.3, 0.4) is 0 Å². The second kappa shape index (κ2) is 8.22. The van der Waals surface area contributed by atoms with Gasteiger partial charge in [-0.2, -0.15) is 0 Å². The first-order chi connectivity index (χ1) is 13.3. The smallest absolute Gasteiger partial charge is 0.194 e. The molecule has 6 nitrogen and oxygen atoms in total. The molecule has 1 N–H and O–H groups in total. The summed E-state index contributed by atoms with van der Waals surface area (Å²) in [6.07, 6.45) is 1.63. The van der Waals surface area contributed by atoms with Crippen molar-refractivity contribution in [1.29, 1.82) is 0 Å². The molecule has 140 valence electrons. The molecule has 0 spiro atoms. The maximum absolute atomic E-state index is 4.92. The highest BCUT2D eigenvalue weighted by atomic mass is 16.5. The molecule has 0 bridgehead atoms. The number of aromatic nitrogens is 1. The van der Waals surface area contributed by atoms with E-state index in [0.29, 0.717) is 0 Å². The minimum absolute atomic E-state index is 0.774. The first-order valence-electron chi connectivity index (χ1n) is 9.37.